The number of hydrogen-bond acceptors (Lipinski definition) is 6. The molecule has 2 heterocycles. The summed E-state index contributed by atoms with van der Waals surface area (Å²) >= 11 is 6.49. The largest absolute Gasteiger partial charge is 0.489 e. The maximum atomic E-state index is 13.5. The van der Waals surface area contributed by atoms with Gasteiger partial charge in [-0.15, -0.1) is 6.58 Å². The van der Waals surface area contributed by atoms with Crippen LogP contribution in [0.15, 0.2) is 73.3 Å². The van der Waals surface area contributed by atoms with Crippen molar-refractivity contribution in [3.8, 4) is 11.5 Å². The second kappa shape index (κ2) is 18.0. The van der Waals surface area contributed by atoms with Crippen LogP contribution in [0.5, 0.6) is 11.5 Å². The molecule has 0 saturated carbocycles. The van der Waals surface area contributed by atoms with Crippen molar-refractivity contribution < 1.29 is 33.9 Å². The molecule has 0 radical (unpaired) electrons. The number of aliphatic hydroxyl groups is 3. The molecule has 4 atom stereocenters. The molecule has 0 aliphatic carbocycles. The van der Waals surface area contributed by atoms with Crippen molar-refractivity contribution in [2.45, 2.75) is 77.3 Å². The molecule has 4 unspecified atom stereocenters. The number of ether oxygens (including phenoxy) is 3. The van der Waals surface area contributed by atoms with Gasteiger partial charge in [-0.2, -0.15) is 0 Å². The highest BCUT2D eigenvalue weighted by Crippen LogP contribution is 2.36. The summed E-state index contributed by atoms with van der Waals surface area (Å²) in [5.74, 6) is 1.17. The molecule has 8 heteroatoms. The molecule has 3 aromatic rings. The second-order valence-electron chi connectivity index (χ2n) is 10.4. The third kappa shape index (κ3) is 10.6. The van der Waals surface area contributed by atoms with Gasteiger partial charge < -0.3 is 29.5 Å². The highest BCUT2D eigenvalue weighted by Gasteiger charge is 2.36. The number of halogens is 2. The zero-order valence-corrected chi connectivity index (χ0v) is 26.6. The molecule has 2 aliphatic heterocycles. The van der Waals surface area contributed by atoms with E-state index >= 15 is 0 Å². The van der Waals surface area contributed by atoms with Crippen molar-refractivity contribution >= 4 is 11.6 Å². The van der Waals surface area contributed by atoms with Gasteiger partial charge in [-0.1, -0.05) is 55.8 Å². The first kappa shape index (κ1) is 36.3. The van der Waals surface area contributed by atoms with E-state index in [0.717, 1.165) is 35.1 Å². The molecule has 0 bridgehead atoms. The average molecular weight is 617 g/mol. The van der Waals surface area contributed by atoms with Gasteiger partial charge in [-0.05, 0) is 73.4 Å². The Morgan fingerprint density at radius 1 is 1.07 bits per heavy atom. The van der Waals surface area contributed by atoms with E-state index < -0.39 is 11.7 Å². The maximum absolute atomic E-state index is 13.5. The van der Waals surface area contributed by atoms with Crippen molar-refractivity contribution in [2.75, 3.05) is 20.3 Å². The Kier molecular flexibility index (Phi) is 15.2. The van der Waals surface area contributed by atoms with Gasteiger partial charge in [0.05, 0.1) is 24.9 Å². The Labute approximate surface area is 260 Å². The number of hydrogen-bond donors (Lipinski definition) is 3. The van der Waals surface area contributed by atoms with E-state index in [2.05, 4.69) is 6.58 Å². The van der Waals surface area contributed by atoms with Gasteiger partial charge >= 0.3 is 0 Å². The molecule has 2 aliphatic rings. The molecule has 0 spiro atoms. The number of allylic oxidation sites excluding steroid dienone is 1. The monoisotopic (exact) mass is 616 g/mol. The highest BCUT2D eigenvalue weighted by atomic mass is 35.5. The maximum Gasteiger partial charge on any atom is 0.144 e. The SMILES string of the molecule is C=CC.CC.CC1(COc2ccc(Cc3cc(C4CC(O)CC(CO)O4)ccc3Cl)cc2)Cc2cc(F)ccc2O1.CO. The van der Waals surface area contributed by atoms with Crippen LogP contribution in [0.4, 0.5) is 4.39 Å². The Balaban J connectivity index is 0.000000853. The van der Waals surface area contributed by atoms with E-state index in [4.69, 9.17) is 30.9 Å². The lowest BCUT2D eigenvalue weighted by atomic mass is 9.94. The van der Waals surface area contributed by atoms with E-state index in [9.17, 15) is 14.6 Å². The summed E-state index contributed by atoms with van der Waals surface area (Å²) < 4.78 is 31.5. The lowest BCUT2D eigenvalue weighted by Crippen LogP contribution is -2.37. The van der Waals surface area contributed by atoms with Crippen LogP contribution in [0, 0.1) is 5.82 Å². The van der Waals surface area contributed by atoms with Crippen LogP contribution in [-0.2, 0) is 17.6 Å². The van der Waals surface area contributed by atoms with Crippen LogP contribution in [0.1, 0.15) is 68.9 Å². The molecule has 0 aromatic heterocycles. The summed E-state index contributed by atoms with van der Waals surface area (Å²) in [5, 5.41) is 27.3. The zero-order valence-electron chi connectivity index (χ0n) is 25.9. The third-order valence-corrected chi connectivity index (χ3v) is 7.20. The van der Waals surface area contributed by atoms with Gasteiger partial charge in [0.25, 0.3) is 0 Å². The predicted molar refractivity (Wildman–Crippen MR) is 171 cm³/mol. The minimum Gasteiger partial charge on any atom is -0.489 e. The molecule has 3 N–H and O–H groups in total. The number of benzene rings is 3. The summed E-state index contributed by atoms with van der Waals surface area (Å²) in [6.45, 7) is 11.4. The van der Waals surface area contributed by atoms with Gasteiger partial charge in [-0.25, -0.2) is 4.39 Å². The van der Waals surface area contributed by atoms with Crippen LogP contribution in [0.2, 0.25) is 5.02 Å². The molecule has 1 fully saturated rings. The first-order valence-electron chi connectivity index (χ1n) is 14.7. The molecule has 236 valence electrons. The van der Waals surface area contributed by atoms with Crippen LogP contribution >= 0.6 is 11.6 Å². The summed E-state index contributed by atoms with van der Waals surface area (Å²) in [6, 6.07) is 18.2. The van der Waals surface area contributed by atoms with Crippen molar-refractivity contribution in [2.24, 2.45) is 0 Å². The number of aliphatic hydroxyl groups excluding tert-OH is 3. The molecular formula is C35H46ClFO6. The Morgan fingerprint density at radius 2 is 1.74 bits per heavy atom. The third-order valence-electron chi connectivity index (χ3n) is 6.83. The normalized spacial score (nSPS) is 21.8. The number of fused-ring (bicyclic) bond motifs is 1. The van der Waals surface area contributed by atoms with Crippen LogP contribution < -0.4 is 9.47 Å². The van der Waals surface area contributed by atoms with E-state index in [1.807, 2.05) is 70.2 Å². The van der Waals surface area contributed by atoms with Crippen molar-refractivity contribution in [3.63, 3.8) is 0 Å². The first-order valence-corrected chi connectivity index (χ1v) is 15.0. The van der Waals surface area contributed by atoms with E-state index in [1.165, 1.54) is 12.1 Å². The average Bonchev–Trinajstić information content (AvgIpc) is 3.35. The second-order valence-corrected chi connectivity index (χ2v) is 10.8. The zero-order chi connectivity index (χ0) is 32.0. The lowest BCUT2D eigenvalue weighted by molar-refractivity contribution is -0.113. The Bertz CT molecular complexity index is 1270. The summed E-state index contributed by atoms with van der Waals surface area (Å²) in [7, 11) is 1.00. The predicted octanol–water partition coefficient (Wildman–Crippen LogP) is 7.24. The topological polar surface area (TPSA) is 88.4 Å². The fourth-order valence-electron chi connectivity index (χ4n) is 4.98. The van der Waals surface area contributed by atoms with Crippen LogP contribution in [0.25, 0.3) is 0 Å². The highest BCUT2D eigenvalue weighted by molar-refractivity contribution is 6.31. The van der Waals surface area contributed by atoms with Crippen molar-refractivity contribution in [3.05, 3.63) is 106 Å². The number of rotatable bonds is 7. The smallest absolute Gasteiger partial charge is 0.144 e. The fraction of sp³-hybridized carbons (Fsp3) is 0.429. The van der Waals surface area contributed by atoms with Gasteiger partial charge in [-0.3, -0.25) is 0 Å². The Morgan fingerprint density at radius 3 is 2.40 bits per heavy atom. The summed E-state index contributed by atoms with van der Waals surface area (Å²) in [5.41, 5.74) is 3.29. The lowest BCUT2D eigenvalue weighted by Gasteiger charge is -2.32. The molecule has 0 amide bonds. The standard InChI is InChI=1S/C29H30ClFO5.C3H6.C2H6.CH4O/c1-29(15-21-12-22(31)5-9-27(21)36-29)17-34-24-6-2-18(3-7-24)10-20-11-19(4-8-26(20)30)28-14-23(33)13-25(16-32)35-28;1-3-2;2*1-2/h2-9,11-12,23,25,28,32-33H,10,13-17H2,1H3;3H,1H2,2H3;1-2H3;2H,1H3. The molecule has 1 saturated heterocycles. The fourth-order valence-corrected chi connectivity index (χ4v) is 5.17. The molecule has 6 nitrogen and oxygen atoms in total. The van der Waals surface area contributed by atoms with Crippen molar-refractivity contribution in [1.29, 1.82) is 0 Å². The van der Waals surface area contributed by atoms with Gasteiger partial charge in [0.2, 0.25) is 0 Å². The van der Waals surface area contributed by atoms with Crippen LogP contribution in [0.3, 0.4) is 0 Å². The quantitative estimate of drug-likeness (QED) is 0.243. The van der Waals surface area contributed by atoms with Gasteiger partial charge in [0.1, 0.15) is 29.5 Å². The van der Waals surface area contributed by atoms with E-state index in [1.54, 1.807) is 12.1 Å². The summed E-state index contributed by atoms with van der Waals surface area (Å²) in [4.78, 5) is 0. The molecule has 43 heavy (non-hydrogen) atoms. The minimum atomic E-state index is -0.549. The van der Waals surface area contributed by atoms with Gasteiger partial charge in [0, 0.05) is 37.0 Å². The molecule has 3 aromatic carbocycles. The van der Waals surface area contributed by atoms with E-state index in [0.29, 0.717) is 43.1 Å². The first-order chi connectivity index (χ1) is 20.7. The van der Waals surface area contributed by atoms with E-state index in [-0.39, 0.29) is 24.6 Å². The molecule has 5 rings (SSSR count). The Hall–Kier alpha value is -2.94. The minimum absolute atomic E-state index is 0.112. The van der Waals surface area contributed by atoms with Gasteiger partial charge in [0.15, 0.2) is 0 Å². The molecular weight excluding hydrogens is 571 g/mol. The van der Waals surface area contributed by atoms with Crippen LogP contribution in [-0.4, -0.2) is 53.5 Å². The van der Waals surface area contributed by atoms with Crippen molar-refractivity contribution in [1.82, 2.24) is 0 Å². The summed E-state index contributed by atoms with van der Waals surface area (Å²) in [6.07, 6.45) is 2.77.